The highest BCUT2D eigenvalue weighted by Crippen LogP contribution is 2.35. The molecule has 1 fully saturated rings. The van der Waals surface area contributed by atoms with Crippen molar-refractivity contribution < 1.29 is 0 Å². The fraction of sp³-hybridized carbons (Fsp3) is 1.00. The number of nitrogens with two attached hydrogens (primary N) is 1. The molecule has 0 aromatic carbocycles. The van der Waals surface area contributed by atoms with E-state index >= 15 is 0 Å². The predicted octanol–water partition coefficient (Wildman–Crippen LogP) is 4.75. The van der Waals surface area contributed by atoms with Gasteiger partial charge < -0.3 is 5.73 Å². The fourth-order valence-corrected chi connectivity index (χ4v) is 3.24. The Morgan fingerprint density at radius 2 is 1.82 bits per heavy atom. The topological polar surface area (TPSA) is 26.0 Å². The first-order chi connectivity index (χ1) is 7.93. The summed E-state index contributed by atoms with van der Waals surface area (Å²) in [5.74, 6) is 2.59. The minimum absolute atomic E-state index is 0.165. The summed E-state index contributed by atoms with van der Waals surface area (Å²) >= 11 is 0. The van der Waals surface area contributed by atoms with Gasteiger partial charge in [-0.05, 0) is 43.4 Å². The molecule has 2 atom stereocenters. The minimum atomic E-state index is 0.165. The highest BCUT2D eigenvalue weighted by molar-refractivity contribution is 4.88. The normalized spacial score (nSPS) is 30.9. The van der Waals surface area contributed by atoms with Crippen molar-refractivity contribution in [3.05, 3.63) is 0 Å². The summed E-state index contributed by atoms with van der Waals surface area (Å²) in [5.41, 5.74) is 6.77. The van der Waals surface area contributed by atoms with Crippen LogP contribution in [0.5, 0.6) is 0 Å². The molecule has 0 aliphatic heterocycles. The van der Waals surface area contributed by atoms with Gasteiger partial charge in [0.15, 0.2) is 0 Å². The molecular weight excluding hydrogens is 206 g/mol. The molecule has 2 unspecified atom stereocenters. The number of hydrogen-bond donors (Lipinski definition) is 1. The Labute approximate surface area is 109 Å². The quantitative estimate of drug-likeness (QED) is 0.689. The summed E-state index contributed by atoms with van der Waals surface area (Å²) < 4.78 is 0. The predicted molar refractivity (Wildman–Crippen MR) is 77.0 cm³/mol. The van der Waals surface area contributed by atoms with Crippen molar-refractivity contribution >= 4 is 0 Å². The van der Waals surface area contributed by atoms with E-state index < -0.39 is 0 Å². The van der Waals surface area contributed by atoms with Crippen molar-refractivity contribution in [3.8, 4) is 0 Å². The van der Waals surface area contributed by atoms with Crippen LogP contribution in [0.3, 0.4) is 0 Å². The van der Waals surface area contributed by atoms with Crippen LogP contribution >= 0.6 is 0 Å². The van der Waals surface area contributed by atoms with E-state index in [0.29, 0.717) is 0 Å². The van der Waals surface area contributed by atoms with E-state index in [4.69, 9.17) is 5.73 Å². The summed E-state index contributed by atoms with van der Waals surface area (Å²) in [6.45, 7) is 9.36. The maximum Gasteiger partial charge on any atom is 0.0154 e. The van der Waals surface area contributed by atoms with Gasteiger partial charge in [-0.25, -0.2) is 0 Å². The largest absolute Gasteiger partial charge is 0.325 e. The molecule has 1 nitrogen and oxygen atoms in total. The van der Waals surface area contributed by atoms with E-state index in [1.807, 2.05) is 0 Å². The fourth-order valence-electron chi connectivity index (χ4n) is 3.24. The SMILES string of the molecule is CC(C)CCCC1(N)CCCC(C(C)C)CC1. The highest BCUT2D eigenvalue weighted by atomic mass is 14.7. The molecule has 1 rings (SSSR count). The van der Waals surface area contributed by atoms with Gasteiger partial charge in [0, 0.05) is 5.54 Å². The monoisotopic (exact) mass is 239 g/mol. The Balaban J connectivity index is 2.37. The summed E-state index contributed by atoms with van der Waals surface area (Å²) in [5, 5.41) is 0. The lowest BCUT2D eigenvalue weighted by Crippen LogP contribution is -2.39. The molecule has 0 heterocycles. The van der Waals surface area contributed by atoms with Crippen LogP contribution in [-0.2, 0) is 0 Å². The van der Waals surface area contributed by atoms with Crippen LogP contribution in [0.2, 0.25) is 0 Å². The van der Waals surface area contributed by atoms with Gasteiger partial charge in [0.1, 0.15) is 0 Å². The molecule has 102 valence electrons. The second kappa shape index (κ2) is 6.78. The zero-order valence-electron chi connectivity index (χ0n) is 12.5. The minimum Gasteiger partial charge on any atom is -0.325 e. The molecule has 1 saturated carbocycles. The van der Waals surface area contributed by atoms with Crippen LogP contribution in [0.25, 0.3) is 0 Å². The molecule has 17 heavy (non-hydrogen) atoms. The molecule has 0 aromatic rings. The average Bonchev–Trinajstić information content (AvgIpc) is 2.40. The number of rotatable bonds is 5. The lowest BCUT2D eigenvalue weighted by molar-refractivity contribution is 0.303. The molecule has 0 saturated heterocycles. The van der Waals surface area contributed by atoms with Crippen molar-refractivity contribution in [2.75, 3.05) is 0 Å². The third kappa shape index (κ3) is 5.42. The molecule has 1 aliphatic carbocycles. The molecule has 0 radical (unpaired) electrons. The molecule has 2 N–H and O–H groups in total. The molecule has 0 bridgehead atoms. The van der Waals surface area contributed by atoms with Crippen LogP contribution in [0.1, 0.15) is 79.1 Å². The standard InChI is InChI=1S/C16H33N/c1-13(2)7-5-10-16(17)11-6-8-15(9-12-16)14(3)4/h13-15H,5-12,17H2,1-4H3. The highest BCUT2D eigenvalue weighted by Gasteiger charge is 2.29. The van der Waals surface area contributed by atoms with Crippen molar-refractivity contribution in [2.24, 2.45) is 23.5 Å². The van der Waals surface area contributed by atoms with Crippen LogP contribution in [0.4, 0.5) is 0 Å². The molecular formula is C16H33N. The molecule has 1 aliphatic rings. The van der Waals surface area contributed by atoms with Gasteiger partial charge >= 0.3 is 0 Å². The third-order valence-corrected chi connectivity index (χ3v) is 4.66. The van der Waals surface area contributed by atoms with Crippen molar-refractivity contribution in [3.63, 3.8) is 0 Å². The first kappa shape index (κ1) is 15.0. The Kier molecular flexibility index (Phi) is 5.99. The first-order valence-electron chi connectivity index (χ1n) is 7.72. The van der Waals surface area contributed by atoms with E-state index in [1.54, 1.807) is 0 Å². The Morgan fingerprint density at radius 3 is 2.41 bits per heavy atom. The van der Waals surface area contributed by atoms with Crippen LogP contribution < -0.4 is 5.73 Å². The van der Waals surface area contributed by atoms with Crippen LogP contribution in [-0.4, -0.2) is 5.54 Å². The Morgan fingerprint density at radius 1 is 1.12 bits per heavy atom. The smallest absolute Gasteiger partial charge is 0.0154 e. The third-order valence-electron chi connectivity index (χ3n) is 4.66. The summed E-state index contributed by atoms with van der Waals surface area (Å²) in [6.07, 6.45) is 10.5. The van der Waals surface area contributed by atoms with Gasteiger partial charge in [0.25, 0.3) is 0 Å². The van der Waals surface area contributed by atoms with Crippen molar-refractivity contribution in [2.45, 2.75) is 84.6 Å². The molecule has 0 spiro atoms. The molecule has 1 heteroatoms. The first-order valence-corrected chi connectivity index (χ1v) is 7.72. The summed E-state index contributed by atoms with van der Waals surface area (Å²) in [6, 6.07) is 0. The van der Waals surface area contributed by atoms with E-state index in [2.05, 4.69) is 27.7 Å². The van der Waals surface area contributed by atoms with Gasteiger partial charge in [0.05, 0.1) is 0 Å². The van der Waals surface area contributed by atoms with E-state index in [0.717, 1.165) is 17.8 Å². The summed E-state index contributed by atoms with van der Waals surface area (Å²) in [7, 11) is 0. The van der Waals surface area contributed by atoms with Gasteiger partial charge in [0.2, 0.25) is 0 Å². The molecule has 0 amide bonds. The lowest BCUT2D eigenvalue weighted by atomic mass is 9.84. The van der Waals surface area contributed by atoms with E-state index in [9.17, 15) is 0 Å². The summed E-state index contributed by atoms with van der Waals surface area (Å²) in [4.78, 5) is 0. The van der Waals surface area contributed by atoms with E-state index in [1.165, 1.54) is 51.4 Å². The van der Waals surface area contributed by atoms with Gasteiger partial charge in [-0.3, -0.25) is 0 Å². The maximum absolute atomic E-state index is 6.61. The van der Waals surface area contributed by atoms with Crippen LogP contribution in [0, 0.1) is 17.8 Å². The van der Waals surface area contributed by atoms with Gasteiger partial charge in [-0.15, -0.1) is 0 Å². The van der Waals surface area contributed by atoms with Gasteiger partial charge in [-0.1, -0.05) is 53.4 Å². The Hall–Kier alpha value is -0.0400. The zero-order chi connectivity index (χ0) is 12.9. The maximum atomic E-state index is 6.61. The number of hydrogen-bond acceptors (Lipinski definition) is 1. The van der Waals surface area contributed by atoms with Crippen molar-refractivity contribution in [1.29, 1.82) is 0 Å². The second-order valence-electron chi connectivity index (χ2n) is 7.08. The Bertz CT molecular complexity index is 210. The van der Waals surface area contributed by atoms with Crippen molar-refractivity contribution in [1.82, 2.24) is 0 Å². The van der Waals surface area contributed by atoms with E-state index in [-0.39, 0.29) is 5.54 Å². The lowest BCUT2D eigenvalue weighted by Gasteiger charge is -2.29. The molecule has 0 aromatic heterocycles. The van der Waals surface area contributed by atoms with Crippen LogP contribution in [0.15, 0.2) is 0 Å². The average molecular weight is 239 g/mol. The van der Waals surface area contributed by atoms with Gasteiger partial charge in [-0.2, -0.15) is 0 Å². The zero-order valence-corrected chi connectivity index (χ0v) is 12.5. The second-order valence-corrected chi connectivity index (χ2v) is 7.08.